The maximum atomic E-state index is 13.7. The SMILES string of the molecule is NC(c1ccc(F)cc1F)c1cc(Br)ccc1Br. The Morgan fingerprint density at radius 1 is 0.944 bits per heavy atom. The molecule has 2 aromatic rings. The fourth-order valence-corrected chi connectivity index (χ4v) is 2.55. The first-order chi connectivity index (χ1) is 8.49. The van der Waals surface area contributed by atoms with E-state index < -0.39 is 17.7 Å². The number of hydrogen-bond acceptors (Lipinski definition) is 1. The molecule has 0 bridgehead atoms. The molecule has 0 heterocycles. The number of rotatable bonds is 2. The van der Waals surface area contributed by atoms with E-state index >= 15 is 0 Å². The molecule has 1 atom stereocenters. The van der Waals surface area contributed by atoms with Crippen LogP contribution in [0.4, 0.5) is 8.78 Å². The highest BCUT2D eigenvalue weighted by atomic mass is 79.9. The first-order valence-electron chi connectivity index (χ1n) is 5.14. The van der Waals surface area contributed by atoms with Gasteiger partial charge < -0.3 is 5.73 Å². The molecule has 0 amide bonds. The third-order valence-corrected chi connectivity index (χ3v) is 3.81. The highest BCUT2D eigenvalue weighted by molar-refractivity contribution is 9.11. The zero-order valence-electron chi connectivity index (χ0n) is 9.13. The number of halogens is 4. The summed E-state index contributed by atoms with van der Waals surface area (Å²) in [5, 5.41) is 0. The summed E-state index contributed by atoms with van der Waals surface area (Å²) in [5.41, 5.74) is 7.01. The van der Waals surface area contributed by atoms with Gasteiger partial charge in [0.15, 0.2) is 0 Å². The molecule has 0 aliphatic carbocycles. The quantitative estimate of drug-likeness (QED) is 0.818. The van der Waals surface area contributed by atoms with Crippen molar-refractivity contribution < 1.29 is 8.78 Å². The van der Waals surface area contributed by atoms with Crippen molar-refractivity contribution in [1.82, 2.24) is 0 Å². The monoisotopic (exact) mass is 375 g/mol. The van der Waals surface area contributed by atoms with Crippen LogP contribution in [-0.2, 0) is 0 Å². The lowest BCUT2D eigenvalue weighted by atomic mass is 9.99. The summed E-state index contributed by atoms with van der Waals surface area (Å²) < 4.78 is 28.2. The van der Waals surface area contributed by atoms with Crippen LogP contribution in [0.15, 0.2) is 45.3 Å². The summed E-state index contributed by atoms with van der Waals surface area (Å²) in [4.78, 5) is 0. The molecule has 0 aromatic heterocycles. The van der Waals surface area contributed by atoms with E-state index in [0.717, 1.165) is 20.6 Å². The van der Waals surface area contributed by atoms with Gasteiger partial charge in [0.1, 0.15) is 11.6 Å². The van der Waals surface area contributed by atoms with Crippen molar-refractivity contribution in [3.8, 4) is 0 Å². The van der Waals surface area contributed by atoms with E-state index in [4.69, 9.17) is 5.73 Å². The molecular formula is C13H9Br2F2N. The highest BCUT2D eigenvalue weighted by Crippen LogP contribution is 2.30. The van der Waals surface area contributed by atoms with E-state index in [1.165, 1.54) is 12.1 Å². The fraction of sp³-hybridized carbons (Fsp3) is 0.0769. The van der Waals surface area contributed by atoms with Gasteiger partial charge in [-0.25, -0.2) is 8.78 Å². The van der Waals surface area contributed by atoms with E-state index in [-0.39, 0.29) is 5.56 Å². The molecule has 0 saturated carbocycles. The Balaban J connectivity index is 2.47. The summed E-state index contributed by atoms with van der Waals surface area (Å²) in [7, 11) is 0. The van der Waals surface area contributed by atoms with E-state index in [9.17, 15) is 8.78 Å². The van der Waals surface area contributed by atoms with Crippen molar-refractivity contribution >= 4 is 31.9 Å². The van der Waals surface area contributed by atoms with Gasteiger partial charge in [-0.15, -0.1) is 0 Å². The zero-order chi connectivity index (χ0) is 13.3. The van der Waals surface area contributed by atoms with Gasteiger partial charge in [0.25, 0.3) is 0 Å². The minimum absolute atomic E-state index is 0.259. The minimum Gasteiger partial charge on any atom is -0.320 e. The van der Waals surface area contributed by atoms with Crippen molar-refractivity contribution in [2.45, 2.75) is 6.04 Å². The Morgan fingerprint density at radius 2 is 1.67 bits per heavy atom. The lowest BCUT2D eigenvalue weighted by Crippen LogP contribution is -2.14. The van der Waals surface area contributed by atoms with Gasteiger partial charge in [-0.2, -0.15) is 0 Å². The predicted octanol–water partition coefficient (Wildman–Crippen LogP) is 4.54. The van der Waals surface area contributed by atoms with Crippen molar-refractivity contribution in [2.24, 2.45) is 5.73 Å². The molecule has 2 aromatic carbocycles. The molecular weight excluding hydrogens is 368 g/mol. The maximum Gasteiger partial charge on any atom is 0.131 e. The molecule has 0 aliphatic rings. The second-order valence-corrected chi connectivity index (χ2v) is 5.58. The summed E-state index contributed by atoms with van der Waals surface area (Å²) in [6.45, 7) is 0. The minimum atomic E-state index is -0.655. The van der Waals surface area contributed by atoms with Gasteiger partial charge >= 0.3 is 0 Å². The van der Waals surface area contributed by atoms with E-state index in [2.05, 4.69) is 31.9 Å². The van der Waals surface area contributed by atoms with Crippen LogP contribution in [-0.4, -0.2) is 0 Å². The number of hydrogen-bond donors (Lipinski definition) is 1. The average molecular weight is 377 g/mol. The standard InChI is InChI=1S/C13H9Br2F2N/c14-7-1-4-11(15)10(5-7)13(18)9-3-2-8(16)6-12(9)17/h1-6,13H,18H2. The molecule has 1 unspecified atom stereocenters. The normalized spacial score (nSPS) is 12.5. The largest absolute Gasteiger partial charge is 0.320 e. The molecule has 94 valence electrons. The van der Waals surface area contributed by atoms with Crippen LogP contribution in [0, 0.1) is 11.6 Å². The fourth-order valence-electron chi connectivity index (χ4n) is 1.67. The molecule has 0 saturated heterocycles. The Labute approximate surface area is 120 Å². The summed E-state index contributed by atoms with van der Waals surface area (Å²) in [5.74, 6) is -1.26. The van der Waals surface area contributed by atoms with Crippen LogP contribution in [0.2, 0.25) is 0 Å². The lowest BCUT2D eigenvalue weighted by molar-refractivity contribution is 0.565. The maximum absolute atomic E-state index is 13.7. The van der Waals surface area contributed by atoms with Gasteiger partial charge in [-0.3, -0.25) is 0 Å². The van der Waals surface area contributed by atoms with Crippen molar-refractivity contribution in [3.63, 3.8) is 0 Å². The van der Waals surface area contributed by atoms with Crippen molar-refractivity contribution in [1.29, 1.82) is 0 Å². The highest BCUT2D eigenvalue weighted by Gasteiger charge is 2.16. The molecule has 1 nitrogen and oxygen atoms in total. The Kier molecular flexibility index (Phi) is 4.14. The Bertz CT molecular complexity index is 587. The van der Waals surface area contributed by atoms with Gasteiger partial charge in [0.05, 0.1) is 6.04 Å². The van der Waals surface area contributed by atoms with Crippen LogP contribution in [0.3, 0.4) is 0 Å². The van der Waals surface area contributed by atoms with Gasteiger partial charge in [-0.05, 0) is 29.8 Å². The molecule has 0 aliphatic heterocycles. The van der Waals surface area contributed by atoms with Crippen LogP contribution in [0.1, 0.15) is 17.2 Å². The summed E-state index contributed by atoms with van der Waals surface area (Å²) in [6.07, 6.45) is 0. The van der Waals surface area contributed by atoms with Gasteiger partial charge in [0, 0.05) is 20.6 Å². The molecule has 2 rings (SSSR count). The van der Waals surface area contributed by atoms with Crippen LogP contribution < -0.4 is 5.73 Å². The molecule has 0 radical (unpaired) electrons. The van der Waals surface area contributed by atoms with E-state index in [1.807, 2.05) is 12.1 Å². The predicted molar refractivity (Wildman–Crippen MR) is 74.2 cm³/mol. The Morgan fingerprint density at radius 3 is 2.33 bits per heavy atom. The Hall–Kier alpha value is -0.780. The van der Waals surface area contributed by atoms with Crippen LogP contribution in [0.25, 0.3) is 0 Å². The number of benzene rings is 2. The van der Waals surface area contributed by atoms with Crippen molar-refractivity contribution in [3.05, 3.63) is 68.1 Å². The lowest BCUT2D eigenvalue weighted by Gasteiger charge is -2.15. The van der Waals surface area contributed by atoms with Crippen LogP contribution in [0.5, 0.6) is 0 Å². The van der Waals surface area contributed by atoms with Crippen molar-refractivity contribution in [2.75, 3.05) is 0 Å². The summed E-state index contributed by atoms with van der Waals surface area (Å²) >= 11 is 6.71. The molecule has 2 N–H and O–H groups in total. The van der Waals surface area contributed by atoms with E-state index in [0.29, 0.717) is 0 Å². The topological polar surface area (TPSA) is 26.0 Å². The third-order valence-electron chi connectivity index (χ3n) is 2.59. The van der Waals surface area contributed by atoms with Gasteiger partial charge in [-0.1, -0.05) is 37.9 Å². The summed E-state index contributed by atoms with van der Waals surface area (Å²) in [6, 6.07) is 8.21. The molecule has 0 spiro atoms. The van der Waals surface area contributed by atoms with E-state index in [1.54, 1.807) is 6.07 Å². The zero-order valence-corrected chi connectivity index (χ0v) is 12.3. The smallest absolute Gasteiger partial charge is 0.131 e. The first-order valence-corrected chi connectivity index (χ1v) is 6.73. The first kappa shape index (κ1) is 13.6. The second kappa shape index (κ2) is 5.47. The van der Waals surface area contributed by atoms with Gasteiger partial charge in [0.2, 0.25) is 0 Å². The molecule has 18 heavy (non-hydrogen) atoms. The molecule has 5 heteroatoms. The average Bonchev–Trinajstić information content (AvgIpc) is 2.31. The third kappa shape index (κ3) is 2.79. The molecule has 0 fully saturated rings. The second-order valence-electron chi connectivity index (χ2n) is 3.81. The number of nitrogens with two attached hydrogens (primary N) is 1. The van der Waals surface area contributed by atoms with Crippen LogP contribution >= 0.6 is 31.9 Å².